The van der Waals surface area contributed by atoms with Gasteiger partial charge in [-0.2, -0.15) is 0 Å². The molecule has 1 fully saturated rings. The number of carbonyl (C=O) groups is 3. The molecular formula is C27H28FN3O5. The molecule has 1 atom stereocenters. The van der Waals surface area contributed by atoms with E-state index in [1.54, 1.807) is 30.3 Å². The highest BCUT2D eigenvalue weighted by molar-refractivity contribution is 6.04. The molecule has 0 aliphatic heterocycles. The van der Waals surface area contributed by atoms with E-state index in [4.69, 9.17) is 9.15 Å². The Kier molecular flexibility index (Phi) is 7.99. The Morgan fingerprint density at radius 2 is 1.75 bits per heavy atom. The first-order chi connectivity index (χ1) is 17.5. The van der Waals surface area contributed by atoms with Crippen molar-refractivity contribution in [1.82, 2.24) is 10.6 Å². The predicted molar refractivity (Wildman–Crippen MR) is 131 cm³/mol. The summed E-state index contributed by atoms with van der Waals surface area (Å²) in [5.74, 6) is -1.29. The van der Waals surface area contributed by atoms with Gasteiger partial charge in [0.2, 0.25) is 11.8 Å². The molecule has 3 aromatic rings. The van der Waals surface area contributed by atoms with Crippen LogP contribution in [0, 0.1) is 5.82 Å². The van der Waals surface area contributed by atoms with Crippen molar-refractivity contribution in [3.05, 3.63) is 84.1 Å². The van der Waals surface area contributed by atoms with Gasteiger partial charge in [-0.25, -0.2) is 4.39 Å². The Morgan fingerprint density at radius 1 is 1.06 bits per heavy atom. The summed E-state index contributed by atoms with van der Waals surface area (Å²) in [6.45, 7) is -0.389. The van der Waals surface area contributed by atoms with Crippen LogP contribution in [-0.2, 0) is 9.59 Å². The molecule has 0 spiro atoms. The fourth-order valence-electron chi connectivity index (χ4n) is 4.33. The van der Waals surface area contributed by atoms with E-state index in [9.17, 15) is 18.8 Å². The molecule has 2 aromatic carbocycles. The number of amides is 3. The van der Waals surface area contributed by atoms with Crippen LogP contribution < -0.4 is 20.3 Å². The number of benzene rings is 2. The zero-order chi connectivity index (χ0) is 25.5. The highest BCUT2D eigenvalue weighted by Crippen LogP contribution is 2.30. The monoisotopic (exact) mass is 493 g/mol. The predicted octanol–water partition coefficient (Wildman–Crippen LogP) is 3.99. The Labute approximate surface area is 208 Å². The van der Waals surface area contributed by atoms with E-state index in [2.05, 4.69) is 10.6 Å². The number of carbonyl (C=O) groups excluding carboxylic acids is 3. The molecule has 36 heavy (non-hydrogen) atoms. The third-order valence-electron chi connectivity index (χ3n) is 6.16. The van der Waals surface area contributed by atoms with Gasteiger partial charge in [-0.1, -0.05) is 25.0 Å². The molecular weight excluding hydrogens is 465 g/mol. The van der Waals surface area contributed by atoms with E-state index in [1.807, 2.05) is 0 Å². The Morgan fingerprint density at radius 3 is 2.36 bits per heavy atom. The lowest BCUT2D eigenvalue weighted by Crippen LogP contribution is -2.49. The summed E-state index contributed by atoms with van der Waals surface area (Å²) < 4.78 is 24.1. The molecule has 1 unspecified atom stereocenters. The number of methoxy groups -OCH3 is 1. The van der Waals surface area contributed by atoms with E-state index in [-0.39, 0.29) is 24.3 Å². The number of rotatable bonds is 9. The first-order valence-corrected chi connectivity index (χ1v) is 11.8. The van der Waals surface area contributed by atoms with Crippen LogP contribution >= 0.6 is 0 Å². The molecule has 188 valence electrons. The molecule has 0 bridgehead atoms. The summed E-state index contributed by atoms with van der Waals surface area (Å²) in [5.41, 5.74) is 0.859. The van der Waals surface area contributed by atoms with Gasteiger partial charge in [0.1, 0.15) is 17.6 Å². The molecule has 1 saturated carbocycles. The quantitative estimate of drug-likeness (QED) is 0.470. The lowest BCUT2D eigenvalue weighted by atomic mass is 10.0. The SMILES string of the molecule is COc1ccc(N(C(=O)CNC(=O)c2ccco2)C(C(=O)NC2CCCC2)c2ccc(F)cc2)cc1. The third-order valence-corrected chi connectivity index (χ3v) is 6.16. The van der Waals surface area contributed by atoms with E-state index < -0.39 is 23.7 Å². The molecule has 2 N–H and O–H groups in total. The Balaban J connectivity index is 1.68. The van der Waals surface area contributed by atoms with Gasteiger partial charge in [0.05, 0.1) is 19.9 Å². The molecule has 8 nitrogen and oxygen atoms in total. The summed E-state index contributed by atoms with van der Waals surface area (Å²) in [6.07, 6.45) is 5.12. The van der Waals surface area contributed by atoms with Crippen molar-refractivity contribution < 1.29 is 27.9 Å². The van der Waals surface area contributed by atoms with Crippen LogP contribution in [0.3, 0.4) is 0 Å². The van der Waals surface area contributed by atoms with E-state index in [0.717, 1.165) is 25.7 Å². The number of anilines is 1. The van der Waals surface area contributed by atoms with Gasteiger partial charge < -0.3 is 19.8 Å². The molecule has 1 aliphatic carbocycles. The number of hydrogen-bond donors (Lipinski definition) is 2. The van der Waals surface area contributed by atoms with E-state index >= 15 is 0 Å². The van der Waals surface area contributed by atoms with Crippen molar-refractivity contribution in [1.29, 1.82) is 0 Å². The molecule has 0 radical (unpaired) electrons. The second kappa shape index (κ2) is 11.5. The molecule has 1 aromatic heterocycles. The summed E-state index contributed by atoms with van der Waals surface area (Å²) in [5, 5.41) is 5.60. The second-order valence-electron chi connectivity index (χ2n) is 8.57. The normalized spacial score (nSPS) is 14.2. The molecule has 1 aliphatic rings. The number of furan rings is 1. The van der Waals surface area contributed by atoms with Crippen molar-refractivity contribution >= 4 is 23.4 Å². The minimum atomic E-state index is -1.09. The highest BCUT2D eigenvalue weighted by Gasteiger charge is 2.34. The summed E-state index contributed by atoms with van der Waals surface area (Å²) >= 11 is 0. The number of ether oxygens (including phenoxy) is 1. The first kappa shape index (κ1) is 25.0. The third kappa shape index (κ3) is 5.91. The van der Waals surface area contributed by atoms with Gasteiger partial charge in [0.15, 0.2) is 5.76 Å². The smallest absolute Gasteiger partial charge is 0.287 e. The zero-order valence-electron chi connectivity index (χ0n) is 19.9. The van der Waals surface area contributed by atoms with Crippen LogP contribution in [0.2, 0.25) is 0 Å². The average Bonchev–Trinajstić information content (AvgIpc) is 3.61. The van der Waals surface area contributed by atoms with Crippen molar-refractivity contribution in [2.45, 2.75) is 37.8 Å². The lowest BCUT2D eigenvalue weighted by molar-refractivity contribution is -0.126. The van der Waals surface area contributed by atoms with Crippen LogP contribution in [0.1, 0.15) is 47.8 Å². The van der Waals surface area contributed by atoms with Crippen LogP contribution in [0.25, 0.3) is 0 Å². The van der Waals surface area contributed by atoms with E-state index in [0.29, 0.717) is 17.0 Å². The number of hydrogen-bond acceptors (Lipinski definition) is 5. The van der Waals surface area contributed by atoms with Gasteiger partial charge in [-0.05, 0) is 66.9 Å². The van der Waals surface area contributed by atoms with Crippen LogP contribution in [0.15, 0.2) is 71.3 Å². The number of nitrogens with one attached hydrogen (secondary N) is 2. The molecule has 1 heterocycles. The molecule has 3 amide bonds. The first-order valence-electron chi connectivity index (χ1n) is 11.8. The molecule has 0 saturated heterocycles. The van der Waals surface area contributed by atoms with Crippen LogP contribution in [-0.4, -0.2) is 37.4 Å². The second-order valence-corrected chi connectivity index (χ2v) is 8.57. The van der Waals surface area contributed by atoms with Gasteiger partial charge in [-0.15, -0.1) is 0 Å². The maximum atomic E-state index is 13.7. The summed E-state index contributed by atoms with van der Waals surface area (Å²) in [7, 11) is 1.53. The fourth-order valence-corrected chi connectivity index (χ4v) is 4.33. The summed E-state index contributed by atoms with van der Waals surface area (Å²) in [6, 6.07) is 14.1. The van der Waals surface area contributed by atoms with Crippen LogP contribution in [0.5, 0.6) is 5.75 Å². The van der Waals surface area contributed by atoms with Crippen molar-refractivity contribution in [3.8, 4) is 5.75 Å². The standard InChI is InChI=1S/C27H28FN3O5/c1-35-22-14-12-21(13-15-22)31(24(32)17-29-26(33)23-7-4-16-36-23)25(18-8-10-19(28)11-9-18)27(34)30-20-5-2-3-6-20/h4,7-16,20,25H,2-3,5-6,17H2,1H3,(H,29,33)(H,30,34). The average molecular weight is 494 g/mol. The minimum Gasteiger partial charge on any atom is -0.497 e. The van der Waals surface area contributed by atoms with Gasteiger partial charge in [-0.3, -0.25) is 19.3 Å². The maximum Gasteiger partial charge on any atom is 0.287 e. The number of nitrogens with zero attached hydrogens (tertiary/aromatic N) is 1. The summed E-state index contributed by atoms with van der Waals surface area (Å²) in [4.78, 5) is 40.9. The van der Waals surface area contributed by atoms with Crippen molar-refractivity contribution in [2.24, 2.45) is 0 Å². The van der Waals surface area contributed by atoms with Crippen molar-refractivity contribution in [2.75, 3.05) is 18.6 Å². The fraction of sp³-hybridized carbons (Fsp3) is 0.296. The molecule has 4 rings (SSSR count). The Bertz CT molecular complexity index is 1170. The largest absolute Gasteiger partial charge is 0.497 e. The minimum absolute atomic E-state index is 0.00641. The van der Waals surface area contributed by atoms with Crippen molar-refractivity contribution in [3.63, 3.8) is 0 Å². The van der Waals surface area contributed by atoms with Crippen LogP contribution in [0.4, 0.5) is 10.1 Å². The lowest BCUT2D eigenvalue weighted by Gasteiger charge is -2.32. The zero-order valence-corrected chi connectivity index (χ0v) is 19.9. The maximum absolute atomic E-state index is 13.7. The van der Waals surface area contributed by atoms with Gasteiger partial charge in [0.25, 0.3) is 5.91 Å². The van der Waals surface area contributed by atoms with Gasteiger partial charge in [0, 0.05) is 11.7 Å². The Hall–Kier alpha value is -4.14. The molecule has 9 heteroatoms. The van der Waals surface area contributed by atoms with Gasteiger partial charge >= 0.3 is 0 Å². The topological polar surface area (TPSA) is 101 Å². The highest BCUT2D eigenvalue weighted by atomic mass is 19.1. The van der Waals surface area contributed by atoms with E-state index in [1.165, 1.54) is 48.6 Å². The number of halogens is 1.